The molecular formula is C9H8BF4KO. The molecule has 0 aromatic heterocycles. The summed E-state index contributed by atoms with van der Waals surface area (Å²) in [6.07, 6.45) is 1.29. The van der Waals surface area contributed by atoms with Crippen LogP contribution in [0.2, 0.25) is 0 Å². The maximum Gasteiger partial charge on any atom is 1.00 e. The molecule has 0 spiro atoms. The largest absolute Gasteiger partial charge is 1.00 e. The summed E-state index contributed by atoms with van der Waals surface area (Å²) in [5.74, 6) is -1.26. The smallest absolute Gasteiger partial charge is 0.492 e. The molecule has 7 heteroatoms. The second-order valence-electron chi connectivity index (χ2n) is 2.86. The Morgan fingerprint density at radius 2 is 1.94 bits per heavy atom. The topological polar surface area (TPSA) is 9.23 Å². The van der Waals surface area contributed by atoms with E-state index >= 15 is 0 Å². The Labute approximate surface area is 133 Å². The van der Waals surface area contributed by atoms with Crippen LogP contribution in [0.1, 0.15) is 0 Å². The first-order valence-electron chi connectivity index (χ1n) is 4.18. The minimum absolute atomic E-state index is 0. The van der Waals surface area contributed by atoms with Crippen LogP contribution in [0.25, 0.3) is 0 Å². The zero-order chi connectivity index (χ0) is 11.5. The number of hydrogen-bond acceptors (Lipinski definition) is 1. The summed E-state index contributed by atoms with van der Waals surface area (Å²) in [6, 6.07) is 2.15. The van der Waals surface area contributed by atoms with E-state index in [9.17, 15) is 17.3 Å². The van der Waals surface area contributed by atoms with Gasteiger partial charge in [0, 0.05) is 6.07 Å². The summed E-state index contributed by atoms with van der Waals surface area (Å²) < 4.78 is 54.8. The Hall–Kier alpha value is 0.181. The molecule has 0 saturated carbocycles. The number of rotatable bonds is 4. The van der Waals surface area contributed by atoms with Gasteiger partial charge in [0.05, 0.1) is 5.75 Å². The van der Waals surface area contributed by atoms with Crippen molar-refractivity contribution in [3.05, 3.63) is 36.7 Å². The summed E-state index contributed by atoms with van der Waals surface area (Å²) in [6.45, 7) is -1.99. The van der Waals surface area contributed by atoms with Crippen molar-refractivity contribution in [2.45, 2.75) is 0 Å². The molecular weight excluding hydrogens is 250 g/mol. The Morgan fingerprint density at radius 3 is 2.44 bits per heavy atom. The molecule has 0 aliphatic carbocycles. The molecule has 0 saturated heterocycles. The fourth-order valence-corrected chi connectivity index (χ4v) is 1.05. The average Bonchev–Trinajstić information content (AvgIpc) is 2.12. The van der Waals surface area contributed by atoms with Crippen molar-refractivity contribution in [1.82, 2.24) is 0 Å². The molecule has 1 nitrogen and oxygen atoms in total. The van der Waals surface area contributed by atoms with Gasteiger partial charge in [0.15, 0.2) is 0 Å². The van der Waals surface area contributed by atoms with Crippen LogP contribution in [-0.4, -0.2) is 13.6 Å². The Kier molecular flexibility index (Phi) is 6.88. The molecule has 0 bridgehead atoms. The predicted molar refractivity (Wildman–Crippen MR) is 50.8 cm³/mol. The van der Waals surface area contributed by atoms with Crippen molar-refractivity contribution in [2.75, 3.05) is 6.61 Å². The molecule has 1 aromatic rings. The number of halogens is 4. The van der Waals surface area contributed by atoms with Crippen LogP contribution in [0.4, 0.5) is 17.3 Å². The van der Waals surface area contributed by atoms with E-state index in [0.29, 0.717) is 12.1 Å². The van der Waals surface area contributed by atoms with E-state index in [0.717, 1.165) is 6.07 Å². The van der Waals surface area contributed by atoms with Gasteiger partial charge in [-0.3, -0.25) is 0 Å². The molecule has 1 aromatic carbocycles. The molecule has 0 atom stereocenters. The number of benzene rings is 1. The molecule has 82 valence electrons. The van der Waals surface area contributed by atoms with Gasteiger partial charge in [-0.15, -0.1) is 0 Å². The fourth-order valence-electron chi connectivity index (χ4n) is 1.05. The summed E-state index contributed by atoms with van der Waals surface area (Å²) in [4.78, 5) is 0. The van der Waals surface area contributed by atoms with Crippen molar-refractivity contribution in [1.29, 1.82) is 0 Å². The van der Waals surface area contributed by atoms with Gasteiger partial charge < -0.3 is 17.7 Å². The van der Waals surface area contributed by atoms with Crippen molar-refractivity contribution in [2.24, 2.45) is 0 Å². The monoisotopic (exact) mass is 258 g/mol. The van der Waals surface area contributed by atoms with E-state index < -0.39 is 24.0 Å². The third kappa shape index (κ3) is 4.59. The van der Waals surface area contributed by atoms with Gasteiger partial charge in [-0.05, 0) is 6.07 Å². The number of ether oxygens (including phenoxy) is 1. The maximum absolute atomic E-state index is 12.7. The third-order valence-electron chi connectivity index (χ3n) is 1.68. The van der Waals surface area contributed by atoms with Gasteiger partial charge in [0.25, 0.3) is 0 Å². The van der Waals surface area contributed by atoms with Crippen LogP contribution in [0.3, 0.4) is 0 Å². The summed E-state index contributed by atoms with van der Waals surface area (Å²) in [5, 5.41) is 0. The Bertz CT molecular complexity index is 367. The standard InChI is InChI=1S/C9H8BF4O.K/c1-2-5-15-9-6-7(11)3-4-8(9)10(12,13)14;/h2-4,6H,1,5H2;/q-1;+1. The van der Waals surface area contributed by atoms with Gasteiger partial charge >= 0.3 is 58.4 Å². The molecule has 0 radical (unpaired) electrons. The molecule has 0 amide bonds. The average molecular weight is 258 g/mol. The molecule has 1 rings (SSSR count). The molecule has 0 unspecified atom stereocenters. The summed E-state index contributed by atoms with van der Waals surface area (Å²) in [5.41, 5.74) is -0.932. The zero-order valence-corrected chi connectivity index (χ0v) is 11.8. The van der Waals surface area contributed by atoms with Gasteiger partial charge in [-0.2, -0.15) is 0 Å². The summed E-state index contributed by atoms with van der Waals surface area (Å²) in [7, 11) is 0. The van der Waals surface area contributed by atoms with Crippen molar-refractivity contribution >= 4 is 12.4 Å². The second-order valence-corrected chi connectivity index (χ2v) is 2.86. The molecule has 0 N–H and O–H groups in total. The SMILES string of the molecule is C=CCOc1cc(F)ccc1[B-](F)(F)F.[K+]. The zero-order valence-electron chi connectivity index (χ0n) is 8.72. The van der Waals surface area contributed by atoms with Crippen LogP contribution in [0.15, 0.2) is 30.9 Å². The normalized spacial score (nSPS) is 10.5. The van der Waals surface area contributed by atoms with E-state index in [1.807, 2.05) is 0 Å². The van der Waals surface area contributed by atoms with Gasteiger partial charge in [0.1, 0.15) is 12.4 Å². The quantitative estimate of drug-likeness (QED) is 0.400. The first-order valence-corrected chi connectivity index (χ1v) is 4.18. The first kappa shape index (κ1) is 16.2. The Morgan fingerprint density at radius 1 is 1.31 bits per heavy atom. The summed E-state index contributed by atoms with van der Waals surface area (Å²) >= 11 is 0. The van der Waals surface area contributed by atoms with Crippen molar-refractivity contribution in [3.63, 3.8) is 0 Å². The van der Waals surface area contributed by atoms with Crippen LogP contribution >= 0.6 is 0 Å². The Balaban J connectivity index is 0.00000225. The van der Waals surface area contributed by atoms with Gasteiger partial charge in [0.2, 0.25) is 0 Å². The molecule has 0 aliphatic heterocycles. The van der Waals surface area contributed by atoms with Crippen LogP contribution in [0, 0.1) is 5.82 Å². The van der Waals surface area contributed by atoms with Crippen LogP contribution in [-0.2, 0) is 0 Å². The molecule has 0 fully saturated rings. The second kappa shape index (κ2) is 6.81. The molecule has 0 heterocycles. The minimum atomic E-state index is -5.19. The predicted octanol–water partition coefficient (Wildman–Crippen LogP) is -0.551. The third-order valence-corrected chi connectivity index (χ3v) is 1.68. The van der Waals surface area contributed by atoms with E-state index in [1.165, 1.54) is 6.08 Å². The molecule has 0 aliphatic rings. The fraction of sp³-hybridized carbons (Fsp3) is 0.111. The van der Waals surface area contributed by atoms with Gasteiger partial charge in [-0.1, -0.05) is 24.2 Å². The number of hydrogen-bond donors (Lipinski definition) is 0. The van der Waals surface area contributed by atoms with E-state index in [4.69, 9.17) is 4.74 Å². The molecule has 16 heavy (non-hydrogen) atoms. The van der Waals surface area contributed by atoms with E-state index in [1.54, 1.807) is 0 Å². The first-order chi connectivity index (χ1) is 6.95. The van der Waals surface area contributed by atoms with Crippen LogP contribution < -0.4 is 61.6 Å². The van der Waals surface area contributed by atoms with Crippen molar-refractivity contribution in [3.8, 4) is 5.75 Å². The van der Waals surface area contributed by atoms with Crippen molar-refractivity contribution < 1.29 is 73.5 Å². The minimum Gasteiger partial charge on any atom is -0.492 e. The van der Waals surface area contributed by atoms with E-state index in [2.05, 4.69) is 6.58 Å². The maximum atomic E-state index is 12.7. The van der Waals surface area contributed by atoms with Crippen LogP contribution in [0.5, 0.6) is 5.75 Å². The van der Waals surface area contributed by atoms with Gasteiger partial charge in [-0.25, -0.2) is 4.39 Å². The van der Waals surface area contributed by atoms with E-state index in [-0.39, 0.29) is 58.0 Å².